The van der Waals surface area contributed by atoms with Crippen LogP contribution >= 0.6 is 0 Å². The van der Waals surface area contributed by atoms with Gasteiger partial charge in [-0.15, -0.1) is 0 Å². The fraction of sp³-hybridized carbons (Fsp3) is 0.500. The van der Waals surface area contributed by atoms with Crippen molar-refractivity contribution in [3.05, 3.63) is 24.3 Å². The maximum atomic E-state index is 12.2. The summed E-state index contributed by atoms with van der Waals surface area (Å²) in [5.74, 6) is 0.496. The minimum atomic E-state index is -0.155. The summed E-state index contributed by atoms with van der Waals surface area (Å²) in [6.07, 6.45) is 1.30. The van der Waals surface area contributed by atoms with Crippen molar-refractivity contribution in [3.63, 3.8) is 0 Å². The summed E-state index contributed by atoms with van der Waals surface area (Å²) >= 11 is 0. The number of carbonyl (C=O) groups excluding carboxylic acids is 2. The first-order valence-corrected chi connectivity index (χ1v) is 7.50. The Morgan fingerprint density at radius 3 is 2.41 bits per heavy atom. The molecule has 22 heavy (non-hydrogen) atoms. The molecule has 1 N–H and O–H groups in total. The molecule has 0 aliphatic carbocycles. The van der Waals surface area contributed by atoms with Gasteiger partial charge in [-0.25, -0.2) is 4.79 Å². The first-order valence-electron chi connectivity index (χ1n) is 7.50. The van der Waals surface area contributed by atoms with E-state index in [-0.39, 0.29) is 17.9 Å². The zero-order chi connectivity index (χ0) is 15.9. The smallest absolute Gasteiger partial charge is 0.321 e. The monoisotopic (exact) mass is 306 g/mol. The van der Waals surface area contributed by atoms with Crippen molar-refractivity contribution < 1.29 is 19.1 Å². The molecule has 120 valence electrons. The number of amides is 2. The molecule has 1 aliphatic heterocycles. The van der Waals surface area contributed by atoms with E-state index in [1.165, 1.54) is 0 Å². The highest BCUT2D eigenvalue weighted by Gasteiger charge is 2.28. The number of rotatable bonds is 4. The second kappa shape index (κ2) is 7.68. The fourth-order valence-corrected chi connectivity index (χ4v) is 2.46. The molecule has 2 rings (SSSR count). The number of likely N-dealkylation sites (tertiary alicyclic amines) is 1. The minimum absolute atomic E-state index is 0.0926. The van der Waals surface area contributed by atoms with Crippen molar-refractivity contribution in [1.82, 2.24) is 4.90 Å². The standard InChI is InChI=1S/C16H22N2O4/c1-3-22-15(19)12-8-10-18(11-9-12)16(20)17-13-4-6-14(21-2)7-5-13/h4-7,12H,3,8-11H2,1-2H3,(H,17,20). The number of urea groups is 1. The van der Waals surface area contributed by atoms with Gasteiger partial charge in [-0.05, 0) is 44.0 Å². The third-order valence-corrected chi connectivity index (χ3v) is 3.74. The van der Waals surface area contributed by atoms with Crippen LogP contribution in [0, 0.1) is 5.92 Å². The second-order valence-electron chi connectivity index (χ2n) is 5.17. The summed E-state index contributed by atoms with van der Waals surface area (Å²) in [5, 5.41) is 2.85. The van der Waals surface area contributed by atoms with Gasteiger partial charge in [0, 0.05) is 18.8 Å². The highest BCUT2D eigenvalue weighted by atomic mass is 16.5. The predicted octanol–water partition coefficient (Wildman–Crippen LogP) is 2.50. The van der Waals surface area contributed by atoms with Crippen molar-refractivity contribution in [1.29, 1.82) is 0 Å². The SMILES string of the molecule is CCOC(=O)C1CCN(C(=O)Nc2ccc(OC)cc2)CC1. The lowest BCUT2D eigenvalue weighted by Crippen LogP contribution is -2.42. The maximum Gasteiger partial charge on any atom is 0.321 e. The molecule has 1 aliphatic rings. The molecule has 1 fully saturated rings. The first kappa shape index (κ1) is 16.1. The molecule has 0 aromatic heterocycles. The molecular formula is C16H22N2O4. The number of hydrogen-bond acceptors (Lipinski definition) is 4. The average Bonchev–Trinajstić information content (AvgIpc) is 2.56. The van der Waals surface area contributed by atoms with E-state index in [1.807, 2.05) is 0 Å². The first-order chi connectivity index (χ1) is 10.6. The fourth-order valence-electron chi connectivity index (χ4n) is 2.46. The number of nitrogens with zero attached hydrogens (tertiary/aromatic N) is 1. The number of ether oxygens (including phenoxy) is 2. The van der Waals surface area contributed by atoms with Gasteiger partial charge < -0.3 is 19.7 Å². The van der Waals surface area contributed by atoms with E-state index < -0.39 is 0 Å². The van der Waals surface area contributed by atoms with Crippen molar-refractivity contribution in [2.45, 2.75) is 19.8 Å². The van der Waals surface area contributed by atoms with Crippen LogP contribution in [0.1, 0.15) is 19.8 Å². The summed E-state index contributed by atoms with van der Waals surface area (Å²) in [5.41, 5.74) is 0.721. The highest BCUT2D eigenvalue weighted by Crippen LogP contribution is 2.20. The lowest BCUT2D eigenvalue weighted by Gasteiger charge is -2.30. The lowest BCUT2D eigenvalue weighted by atomic mass is 9.97. The zero-order valence-electron chi connectivity index (χ0n) is 13.0. The Bertz CT molecular complexity index is 507. The molecule has 6 nitrogen and oxygen atoms in total. The van der Waals surface area contributed by atoms with Gasteiger partial charge in [-0.3, -0.25) is 4.79 Å². The Balaban J connectivity index is 1.83. The molecule has 0 unspecified atom stereocenters. The quantitative estimate of drug-likeness (QED) is 0.868. The van der Waals surface area contributed by atoms with Crippen molar-refractivity contribution >= 4 is 17.7 Å². The van der Waals surface area contributed by atoms with E-state index in [0.29, 0.717) is 32.5 Å². The van der Waals surface area contributed by atoms with E-state index in [0.717, 1.165) is 11.4 Å². The van der Waals surface area contributed by atoms with Crippen LogP contribution in [0.25, 0.3) is 0 Å². The van der Waals surface area contributed by atoms with Gasteiger partial charge in [0.05, 0.1) is 19.6 Å². The van der Waals surface area contributed by atoms with Gasteiger partial charge in [0.2, 0.25) is 0 Å². The topological polar surface area (TPSA) is 67.9 Å². The molecule has 0 atom stereocenters. The molecule has 1 saturated heterocycles. The Labute approximate surface area is 130 Å². The Morgan fingerprint density at radius 2 is 1.86 bits per heavy atom. The molecule has 6 heteroatoms. The Kier molecular flexibility index (Phi) is 5.63. The molecule has 1 aromatic carbocycles. The van der Waals surface area contributed by atoms with E-state index in [2.05, 4.69) is 5.32 Å². The maximum absolute atomic E-state index is 12.2. The zero-order valence-corrected chi connectivity index (χ0v) is 13.0. The molecule has 0 bridgehead atoms. The van der Waals surface area contributed by atoms with Crippen LogP contribution in [0.3, 0.4) is 0 Å². The van der Waals surface area contributed by atoms with E-state index in [1.54, 1.807) is 43.2 Å². The summed E-state index contributed by atoms with van der Waals surface area (Å²) in [6.45, 7) is 3.32. The molecule has 1 heterocycles. The van der Waals surface area contributed by atoms with Gasteiger partial charge in [0.1, 0.15) is 5.75 Å². The van der Waals surface area contributed by atoms with Crippen molar-refractivity contribution in [3.8, 4) is 5.75 Å². The van der Waals surface area contributed by atoms with Crippen LogP contribution in [0.15, 0.2) is 24.3 Å². The molecule has 0 radical (unpaired) electrons. The molecule has 0 saturated carbocycles. The Hall–Kier alpha value is -2.24. The third kappa shape index (κ3) is 4.13. The van der Waals surface area contributed by atoms with Gasteiger partial charge in [0.25, 0.3) is 0 Å². The van der Waals surface area contributed by atoms with Gasteiger partial charge in [-0.1, -0.05) is 0 Å². The van der Waals surface area contributed by atoms with Crippen molar-refractivity contribution in [2.75, 3.05) is 32.1 Å². The van der Waals surface area contributed by atoms with Gasteiger partial charge >= 0.3 is 12.0 Å². The average molecular weight is 306 g/mol. The number of piperidine rings is 1. The van der Waals surface area contributed by atoms with Crippen LogP contribution < -0.4 is 10.1 Å². The van der Waals surface area contributed by atoms with E-state index in [4.69, 9.17) is 9.47 Å². The normalized spacial score (nSPS) is 15.3. The lowest BCUT2D eigenvalue weighted by molar-refractivity contribution is -0.149. The molecule has 2 amide bonds. The summed E-state index contributed by atoms with van der Waals surface area (Å²) in [4.78, 5) is 25.6. The van der Waals surface area contributed by atoms with E-state index >= 15 is 0 Å². The minimum Gasteiger partial charge on any atom is -0.497 e. The van der Waals surface area contributed by atoms with Crippen LogP contribution in [-0.4, -0.2) is 43.7 Å². The van der Waals surface area contributed by atoms with Gasteiger partial charge in [-0.2, -0.15) is 0 Å². The molecule has 0 spiro atoms. The van der Waals surface area contributed by atoms with Gasteiger partial charge in [0.15, 0.2) is 0 Å². The number of methoxy groups -OCH3 is 1. The van der Waals surface area contributed by atoms with E-state index in [9.17, 15) is 9.59 Å². The van der Waals surface area contributed by atoms with Crippen LogP contribution in [0.2, 0.25) is 0 Å². The van der Waals surface area contributed by atoms with Crippen LogP contribution in [0.5, 0.6) is 5.75 Å². The number of benzene rings is 1. The summed E-state index contributed by atoms with van der Waals surface area (Å²) in [6, 6.07) is 7.03. The van der Waals surface area contributed by atoms with Crippen LogP contribution in [0.4, 0.5) is 10.5 Å². The number of hydrogen-bond donors (Lipinski definition) is 1. The number of esters is 1. The summed E-state index contributed by atoms with van der Waals surface area (Å²) in [7, 11) is 1.60. The number of carbonyl (C=O) groups is 2. The summed E-state index contributed by atoms with van der Waals surface area (Å²) < 4.78 is 10.1. The largest absolute Gasteiger partial charge is 0.497 e. The highest BCUT2D eigenvalue weighted by molar-refractivity contribution is 5.89. The van der Waals surface area contributed by atoms with Crippen LogP contribution in [-0.2, 0) is 9.53 Å². The Morgan fingerprint density at radius 1 is 1.23 bits per heavy atom. The third-order valence-electron chi connectivity index (χ3n) is 3.74. The molecular weight excluding hydrogens is 284 g/mol. The van der Waals surface area contributed by atoms with Crippen molar-refractivity contribution in [2.24, 2.45) is 5.92 Å². The molecule has 1 aromatic rings. The number of anilines is 1. The second-order valence-corrected chi connectivity index (χ2v) is 5.17. The predicted molar refractivity (Wildman–Crippen MR) is 82.9 cm³/mol. The number of nitrogens with one attached hydrogen (secondary N) is 1.